The van der Waals surface area contributed by atoms with Crippen molar-refractivity contribution in [3.05, 3.63) is 29.6 Å². The van der Waals surface area contributed by atoms with Crippen molar-refractivity contribution in [3.8, 4) is 0 Å². The Bertz CT molecular complexity index is 296. The highest BCUT2D eigenvalue weighted by molar-refractivity contribution is 5.12. The molecule has 16 heavy (non-hydrogen) atoms. The van der Waals surface area contributed by atoms with Crippen LogP contribution in [0.25, 0.3) is 0 Å². The Labute approximate surface area is 97.9 Å². The van der Waals surface area contributed by atoms with Gasteiger partial charge in [-0.2, -0.15) is 0 Å². The first-order valence-corrected chi connectivity index (χ1v) is 5.93. The SMILES string of the molecule is CCC(CC)(CO)NCc1ccc(C)cn1. The van der Waals surface area contributed by atoms with Gasteiger partial charge in [0.2, 0.25) is 0 Å². The number of aryl methyl sites for hydroxylation is 1. The highest BCUT2D eigenvalue weighted by Crippen LogP contribution is 2.14. The predicted molar refractivity (Wildman–Crippen MR) is 66.2 cm³/mol. The minimum absolute atomic E-state index is 0.160. The molecule has 0 aromatic carbocycles. The molecule has 0 aliphatic rings. The monoisotopic (exact) mass is 222 g/mol. The van der Waals surface area contributed by atoms with Gasteiger partial charge in [0.15, 0.2) is 0 Å². The number of pyridine rings is 1. The van der Waals surface area contributed by atoms with E-state index in [4.69, 9.17) is 0 Å². The third-order valence-corrected chi connectivity index (χ3v) is 3.27. The summed E-state index contributed by atoms with van der Waals surface area (Å²) in [5.41, 5.74) is 2.03. The number of rotatable bonds is 6. The van der Waals surface area contributed by atoms with E-state index in [0.717, 1.165) is 18.5 Å². The highest BCUT2D eigenvalue weighted by atomic mass is 16.3. The van der Waals surface area contributed by atoms with Gasteiger partial charge in [0, 0.05) is 18.3 Å². The number of aliphatic hydroxyl groups is 1. The first kappa shape index (κ1) is 13.1. The highest BCUT2D eigenvalue weighted by Gasteiger charge is 2.23. The molecule has 3 heteroatoms. The molecule has 0 atom stereocenters. The van der Waals surface area contributed by atoms with Gasteiger partial charge in [0.25, 0.3) is 0 Å². The molecule has 1 heterocycles. The van der Waals surface area contributed by atoms with Gasteiger partial charge >= 0.3 is 0 Å². The summed E-state index contributed by atoms with van der Waals surface area (Å²) >= 11 is 0. The van der Waals surface area contributed by atoms with E-state index in [2.05, 4.69) is 30.2 Å². The van der Waals surface area contributed by atoms with E-state index in [0.29, 0.717) is 6.54 Å². The van der Waals surface area contributed by atoms with Crippen LogP contribution in [0.4, 0.5) is 0 Å². The minimum Gasteiger partial charge on any atom is -0.394 e. The van der Waals surface area contributed by atoms with Gasteiger partial charge in [-0.15, -0.1) is 0 Å². The molecule has 1 aromatic heterocycles. The van der Waals surface area contributed by atoms with Crippen molar-refractivity contribution < 1.29 is 5.11 Å². The normalized spacial score (nSPS) is 11.8. The maximum Gasteiger partial charge on any atom is 0.0613 e. The summed E-state index contributed by atoms with van der Waals surface area (Å²) in [5, 5.41) is 12.8. The summed E-state index contributed by atoms with van der Waals surface area (Å²) in [6, 6.07) is 4.08. The van der Waals surface area contributed by atoms with E-state index >= 15 is 0 Å². The molecule has 1 rings (SSSR count). The lowest BCUT2D eigenvalue weighted by Crippen LogP contribution is -2.47. The number of hydrogen-bond acceptors (Lipinski definition) is 3. The lowest BCUT2D eigenvalue weighted by Gasteiger charge is -2.30. The number of aliphatic hydroxyl groups excluding tert-OH is 1. The van der Waals surface area contributed by atoms with Crippen molar-refractivity contribution in [2.75, 3.05) is 6.61 Å². The van der Waals surface area contributed by atoms with Gasteiger partial charge in [-0.25, -0.2) is 0 Å². The van der Waals surface area contributed by atoms with Crippen molar-refractivity contribution in [1.82, 2.24) is 10.3 Å². The summed E-state index contributed by atoms with van der Waals surface area (Å²) < 4.78 is 0. The first-order valence-electron chi connectivity index (χ1n) is 5.93. The van der Waals surface area contributed by atoms with Crippen LogP contribution in [0.15, 0.2) is 18.3 Å². The van der Waals surface area contributed by atoms with Gasteiger partial charge < -0.3 is 10.4 Å². The fourth-order valence-electron chi connectivity index (χ4n) is 1.66. The van der Waals surface area contributed by atoms with Crippen LogP contribution in [0.5, 0.6) is 0 Å². The zero-order chi connectivity index (χ0) is 12.0. The van der Waals surface area contributed by atoms with Crippen molar-refractivity contribution >= 4 is 0 Å². The smallest absolute Gasteiger partial charge is 0.0613 e. The maximum atomic E-state index is 9.42. The number of nitrogens with zero attached hydrogens (tertiary/aromatic N) is 1. The van der Waals surface area contributed by atoms with Crippen LogP contribution >= 0.6 is 0 Å². The molecule has 0 amide bonds. The lowest BCUT2D eigenvalue weighted by atomic mass is 9.94. The molecule has 0 aliphatic heterocycles. The van der Waals surface area contributed by atoms with Crippen LogP contribution in [0.1, 0.15) is 37.9 Å². The third-order valence-electron chi connectivity index (χ3n) is 3.27. The molecule has 1 aromatic rings. The molecule has 0 radical (unpaired) electrons. The molecular formula is C13H22N2O. The van der Waals surface area contributed by atoms with Crippen molar-refractivity contribution in [1.29, 1.82) is 0 Å². The summed E-state index contributed by atoms with van der Waals surface area (Å²) in [6.45, 7) is 7.10. The lowest BCUT2D eigenvalue weighted by molar-refractivity contribution is 0.149. The zero-order valence-electron chi connectivity index (χ0n) is 10.5. The maximum absolute atomic E-state index is 9.42. The number of nitrogens with one attached hydrogen (secondary N) is 1. The van der Waals surface area contributed by atoms with E-state index < -0.39 is 0 Å². The quantitative estimate of drug-likeness (QED) is 0.774. The average molecular weight is 222 g/mol. The van der Waals surface area contributed by atoms with Gasteiger partial charge in [0.05, 0.1) is 12.3 Å². The van der Waals surface area contributed by atoms with Crippen LogP contribution in [0, 0.1) is 6.92 Å². The molecule has 0 fully saturated rings. The second kappa shape index (κ2) is 5.97. The average Bonchev–Trinajstić information content (AvgIpc) is 2.34. The third kappa shape index (κ3) is 3.29. The van der Waals surface area contributed by atoms with Crippen molar-refractivity contribution in [3.63, 3.8) is 0 Å². The van der Waals surface area contributed by atoms with E-state index in [1.807, 2.05) is 19.2 Å². The number of aromatic nitrogens is 1. The molecular weight excluding hydrogens is 200 g/mol. The first-order chi connectivity index (χ1) is 7.65. The Morgan fingerprint density at radius 2 is 2.00 bits per heavy atom. The van der Waals surface area contributed by atoms with E-state index in [-0.39, 0.29) is 12.1 Å². The molecule has 0 unspecified atom stereocenters. The van der Waals surface area contributed by atoms with E-state index in [1.165, 1.54) is 5.56 Å². The van der Waals surface area contributed by atoms with Crippen molar-refractivity contribution in [2.45, 2.75) is 45.7 Å². The summed E-state index contributed by atoms with van der Waals surface area (Å²) in [7, 11) is 0. The van der Waals surface area contributed by atoms with Gasteiger partial charge in [-0.1, -0.05) is 19.9 Å². The Hall–Kier alpha value is -0.930. The molecule has 0 saturated heterocycles. The minimum atomic E-state index is -0.160. The summed E-state index contributed by atoms with van der Waals surface area (Å²) in [5.74, 6) is 0. The van der Waals surface area contributed by atoms with Crippen LogP contribution in [0.3, 0.4) is 0 Å². The van der Waals surface area contributed by atoms with Gasteiger partial charge in [0.1, 0.15) is 0 Å². The zero-order valence-corrected chi connectivity index (χ0v) is 10.5. The summed E-state index contributed by atoms with van der Waals surface area (Å²) in [4.78, 5) is 4.34. The Morgan fingerprint density at radius 1 is 1.31 bits per heavy atom. The second-order valence-corrected chi connectivity index (χ2v) is 4.33. The van der Waals surface area contributed by atoms with Gasteiger partial charge in [-0.05, 0) is 31.4 Å². The van der Waals surface area contributed by atoms with Crippen LogP contribution in [-0.4, -0.2) is 22.2 Å². The van der Waals surface area contributed by atoms with E-state index in [9.17, 15) is 5.11 Å². The van der Waals surface area contributed by atoms with Gasteiger partial charge in [-0.3, -0.25) is 4.98 Å². The van der Waals surface area contributed by atoms with E-state index in [1.54, 1.807) is 0 Å². The topological polar surface area (TPSA) is 45.1 Å². The van der Waals surface area contributed by atoms with Crippen LogP contribution in [0.2, 0.25) is 0 Å². The van der Waals surface area contributed by atoms with Crippen LogP contribution < -0.4 is 5.32 Å². The fraction of sp³-hybridized carbons (Fsp3) is 0.615. The number of hydrogen-bond donors (Lipinski definition) is 2. The summed E-state index contributed by atoms with van der Waals surface area (Å²) in [6.07, 6.45) is 3.72. The molecule has 3 nitrogen and oxygen atoms in total. The molecule has 0 saturated carbocycles. The molecule has 0 bridgehead atoms. The molecule has 90 valence electrons. The standard InChI is InChI=1S/C13H22N2O/c1-4-13(5-2,10-16)15-9-12-7-6-11(3)8-14-12/h6-8,15-16H,4-5,9-10H2,1-3H3. The molecule has 2 N–H and O–H groups in total. The Kier molecular flexibility index (Phi) is 4.90. The fourth-order valence-corrected chi connectivity index (χ4v) is 1.66. The predicted octanol–water partition coefficient (Wildman–Crippen LogP) is 2.03. The van der Waals surface area contributed by atoms with Crippen molar-refractivity contribution in [2.24, 2.45) is 0 Å². The second-order valence-electron chi connectivity index (χ2n) is 4.33. The molecule has 0 spiro atoms. The Balaban J connectivity index is 2.58. The Morgan fingerprint density at radius 3 is 2.44 bits per heavy atom. The molecule has 0 aliphatic carbocycles. The van der Waals surface area contributed by atoms with Crippen LogP contribution in [-0.2, 0) is 6.54 Å². The largest absolute Gasteiger partial charge is 0.394 e.